The lowest BCUT2D eigenvalue weighted by Crippen LogP contribution is -2.42. The number of aliphatic imine (C=N–C) groups is 1. The summed E-state index contributed by atoms with van der Waals surface area (Å²) in [4.78, 5) is 15.5. The summed E-state index contributed by atoms with van der Waals surface area (Å²) >= 11 is 1.10. The van der Waals surface area contributed by atoms with Gasteiger partial charge in [0.25, 0.3) is 12.3 Å². The molecule has 0 bridgehead atoms. The number of amidine groups is 1. The zero-order valence-electron chi connectivity index (χ0n) is 15.3. The molecule has 1 aromatic heterocycles. The molecular formula is C16H18F3N5O4S. The van der Waals surface area contributed by atoms with Gasteiger partial charge in [0.2, 0.25) is 0 Å². The minimum absolute atomic E-state index is 0.0192. The Morgan fingerprint density at radius 1 is 1.38 bits per heavy atom. The van der Waals surface area contributed by atoms with Crippen molar-refractivity contribution in [2.45, 2.75) is 30.9 Å². The van der Waals surface area contributed by atoms with Crippen LogP contribution >= 0.6 is 11.8 Å². The van der Waals surface area contributed by atoms with Gasteiger partial charge in [0.05, 0.1) is 11.3 Å². The molecule has 13 heteroatoms. The van der Waals surface area contributed by atoms with Gasteiger partial charge in [0.1, 0.15) is 11.4 Å². The van der Waals surface area contributed by atoms with Crippen LogP contribution in [0, 0.1) is 5.82 Å². The normalized spacial score (nSPS) is 12.3. The van der Waals surface area contributed by atoms with Crippen LogP contribution in [0.2, 0.25) is 0 Å². The van der Waals surface area contributed by atoms with Crippen molar-refractivity contribution in [3.8, 4) is 0 Å². The SMILES string of the molecule is CC(C)(O)C(=O)NCCSc1nonc1C(=Nc1ccc(F)c(C(F)F)c1)NO. The summed E-state index contributed by atoms with van der Waals surface area (Å²) in [6.45, 7) is 2.88. The molecule has 0 saturated heterocycles. The van der Waals surface area contributed by atoms with Crippen LogP contribution in [0.5, 0.6) is 0 Å². The smallest absolute Gasteiger partial charge is 0.266 e. The van der Waals surface area contributed by atoms with Gasteiger partial charge < -0.3 is 10.4 Å². The number of nitrogens with zero attached hydrogens (tertiary/aromatic N) is 3. The van der Waals surface area contributed by atoms with Gasteiger partial charge in [0.15, 0.2) is 16.6 Å². The predicted molar refractivity (Wildman–Crippen MR) is 96.8 cm³/mol. The lowest BCUT2D eigenvalue weighted by molar-refractivity contribution is -0.136. The van der Waals surface area contributed by atoms with E-state index in [1.54, 1.807) is 5.48 Å². The maximum atomic E-state index is 13.4. The second-order valence-electron chi connectivity index (χ2n) is 6.16. The highest BCUT2D eigenvalue weighted by Gasteiger charge is 2.23. The topological polar surface area (TPSA) is 133 Å². The highest BCUT2D eigenvalue weighted by atomic mass is 32.2. The fraction of sp³-hybridized carbons (Fsp3) is 0.375. The lowest BCUT2D eigenvalue weighted by atomic mass is 10.1. The van der Waals surface area contributed by atoms with Gasteiger partial charge in [-0.05, 0) is 42.4 Å². The zero-order chi connectivity index (χ0) is 21.6. The number of halogens is 3. The summed E-state index contributed by atoms with van der Waals surface area (Å²) in [5.74, 6) is -1.58. The van der Waals surface area contributed by atoms with E-state index in [0.29, 0.717) is 5.75 Å². The van der Waals surface area contributed by atoms with E-state index in [-0.39, 0.29) is 28.8 Å². The van der Waals surface area contributed by atoms with Crippen molar-refractivity contribution in [2.75, 3.05) is 12.3 Å². The number of rotatable bonds is 8. The molecule has 1 aromatic carbocycles. The summed E-state index contributed by atoms with van der Waals surface area (Å²) in [7, 11) is 0. The van der Waals surface area contributed by atoms with E-state index in [9.17, 15) is 28.3 Å². The van der Waals surface area contributed by atoms with E-state index in [0.717, 1.165) is 30.0 Å². The summed E-state index contributed by atoms with van der Waals surface area (Å²) in [6, 6.07) is 2.81. The van der Waals surface area contributed by atoms with Crippen LogP contribution < -0.4 is 10.8 Å². The molecule has 2 aromatic rings. The van der Waals surface area contributed by atoms with E-state index < -0.39 is 29.3 Å². The van der Waals surface area contributed by atoms with Gasteiger partial charge >= 0.3 is 0 Å². The average molecular weight is 433 g/mol. The van der Waals surface area contributed by atoms with Gasteiger partial charge in [-0.25, -0.2) is 22.8 Å². The number of nitrogens with one attached hydrogen (secondary N) is 2. The minimum Gasteiger partial charge on any atom is -0.381 e. The molecule has 29 heavy (non-hydrogen) atoms. The van der Waals surface area contributed by atoms with E-state index >= 15 is 0 Å². The van der Waals surface area contributed by atoms with E-state index in [1.165, 1.54) is 13.8 Å². The molecule has 0 fully saturated rings. The summed E-state index contributed by atoms with van der Waals surface area (Å²) in [5.41, 5.74) is -0.654. The molecule has 0 unspecified atom stereocenters. The van der Waals surface area contributed by atoms with E-state index in [1.807, 2.05) is 0 Å². The average Bonchev–Trinajstić information content (AvgIpc) is 3.11. The molecule has 0 aliphatic rings. The molecule has 0 aliphatic carbocycles. The maximum Gasteiger partial charge on any atom is 0.266 e. The molecule has 158 valence electrons. The van der Waals surface area contributed by atoms with Gasteiger partial charge in [-0.15, -0.1) is 0 Å². The standard InChI is InChI=1S/C16H18F3N5O4S/c1-16(2,26)15(25)20-5-6-29-14-11(23-28-24-14)13(22-27)21-8-3-4-10(17)9(7-8)12(18)19/h3-4,7,12,26-27H,5-6H2,1-2H3,(H,20,25)(H,21,22). The molecule has 0 radical (unpaired) electrons. The molecule has 0 spiro atoms. The third-order valence-electron chi connectivity index (χ3n) is 3.43. The Morgan fingerprint density at radius 2 is 2.10 bits per heavy atom. The van der Waals surface area contributed by atoms with Crippen LogP contribution in [0.25, 0.3) is 0 Å². The minimum atomic E-state index is -3.03. The Labute approximate surface area is 167 Å². The zero-order valence-corrected chi connectivity index (χ0v) is 16.1. The van der Waals surface area contributed by atoms with Gasteiger partial charge in [-0.3, -0.25) is 15.5 Å². The van der Waals surface area contributed by atoms with Crippen molar-refractivity contribution in [3.05, 3.63) is 35.3 Å². The van der Waals surface area contributed by atoms with Crippen molar-refractivity contribution in [2.24, 2.45) is 4.99 Å². The van der Waals surface area contributed by atoms with Crippen LogP contribution in [-0.2, 0) is 4.79 Å². The number of hydrogen-bond donors (Lipinski definition) is 4. The molecule has 2 rings (SSSR count). The second-order valence-corrected chi connectivity index (χ2v) is 7.24. The Bertz CT molecular complexity index is 886. The highest BCUT2D eigenvalue weighted by molar-refractivity contribution is 7.99. The van der Waals surface area contributed by atoms with Crippen LogP contribution in [0.4, 0.5) is 18.9 Å². The summed E-state index contributed by atoms with van der Waals surface area (Å²) in [6.07, 6.45) is -3.03. The molecule has 0 atom stereocenters. The highest BCUT2D eigenvalue weighted by Crippen LogP contribution is 2.27. The van der Waals surface area contributed by atoms with Crippen LogP contribution in [0.3, 0.4) is 0 Å². The van der Waals surface area contributed by atoms with Crippen molar-refractivity contribution < 1.29 is 32.9 Å². The number of hydrogen-bond acceptors (Lipinski definition) is 8. The first kappa shape index (κ1) is 22.6. The number of thioether (sulfide) groups is 1. The van der Waals surface area contributed by atoms with Crippen molar-refractivity contribution >= 4 is 29.2 Å². The monoisotopic (exact) mass is 433 g/mol. The Hall–Kier alpha value is -2.64. The first-order valence-corrected chi connectivity index (χ1v) is 9.14. The van der Waals surface area contributed by atoms with Gasteiger partial charge in [-0.1, -0.05) is 11.8 Å². The largest absolute Gasteiger partial charge is 0.381 e. The molecule has 1 amide bonds. The Morgan fingerprint density at radius 3 is 2.72 bits per heavy atom. The Kier molecular flexibility index (Phi) is 7.59. The number of aromatic nitrogens is 2. The van der Waals surface area contributed by atoms with Crippen LogP contribution in [-0.4, -0.2) is 50.3 Å². The summed E-state index contributed by atoms with van der Waals surface area (Å²) in [5, 5.41) is 28.9. The molecule has 0 aliphatic heterocycles. The van der Waals surface area contributed by atoms with Gasteiger partial charge in [0, 0.05) is 12.3 Å². The lowest BCUT2D eigenvalue weighted by Gasteiger charge is -2.16. The third-order valence-corrected chi connectivity index (χ3v) is 4.38. The first-order chi connectivity index (χ1) is 13.6. The molecule has 9 nitrogen and oxygen atoms in total. The number of amides is 1. The number of carbonyl (C=O) groups is 1. The third kappa shape index (κ3) is 6.17. The first-order valence-electron chi connectivity index (χ1n) is 8.16. The maximum absolute atomic E-state index is 13.4. The molecule has 1 heterocycles. The fourth-order valence-electron chi connectivity index (χ4n) is 1.98. The predicted octanol–water partition coefficient (Wildman–Crippen LogP) is 2.18. The van der Waals surface area contributed by atoms with Crippen LogP contribution in [0.1, 0.15) is 31.5 Å². The Balaban J connectivity index is 2.12. The molecule has 0 saturated carbocycles. The summed E-state index contributed by atoms with van der Waals surface area (Å²) < 4.78 is 43.7. The van der Waals surface area contributed by atoms with Crippen molar-refractivity contribution in [3.63, 3.8) is 0 Å². The van der Waals surface area contributed by atoms with Gasteiger partial charge in [-0.2, -0.15) is 0 Å². The van der Waals surface area contributed by atoms with Crippen molar-refractivity contribution in [1.82, 2.24) is 21.1 Å². The van der Waals surface area contributed by atoms with Crippen molar-refractivity contribution in [1.29, 1.82) is 0 Å². The number of carbonyl (C=O) groups excluding carboxylic acids is 1. The van der Waals surface area contributed by atoms with E-state index in [4.69, 9.17) is 0 Å². The fourth-order valence-corrected chi connectivity index (χ4v) is 2.73. The molecular weight excluding hydrogens is 415 g/mol. The number of hydroxylamine groups is 1. The second kappa shape index (κ2) is 9.71. The number of alkyl halides is 2. The van der Waals surface area contributed by atoms with Crippen LogP contribution in [0.15, 0.2) is 32.8 Å². The number of benzene rings is 1. The van der Waals surface area contributed by atoms with E-state index in [2.05, 4.69) is 25.3 Å². The number of aliphatic hydroxyl groups is 1. The quantitative estimate of drug-likeness (QED) is 0.164. The molecule has 4 N–H and O–H groups in total.